The van der Waals surface area contributed by atoms with Crippen molar-refractivity contribution in [2.45, 2.75) is 19.3 Å². The fourth-order valence-corrected chi connectivity index (χ4v) is 3.70. The van der Waals surface area contributed by atoms with E-state index in [0.717, 1.165) is 27.6 Å². The van der Waals surface area contributed by atoms with Crippen LogP contribution in [0, 0.1) is 0 Å². The van der Waals surface area contributed by atoms with E-state index in [-0.39, 0.29) is 11.5 Å². The Hall–Kier alpha value is -3.93. The molecule has 1 amide bonds. The van der Waals surface area contributed by atoms with Crippen LogP contribution in [-0.4, -0.2) is 15.9 Å². The van der Waals surface area contributed by atoms with Gasteiger partial charge in [0.05, 0.1) is 10.9 Å². The molecule has 3 aromatic carbocycles. The Labute approximate surface area is 171 Å². The molecule has 0 atom stereocenters. The number of H-pyrrole nitrogens is 1. The maximum atomic E-state index is 12.4. The van der Waals surface area contributed by atoms with E-state index < -0.39 is 0 Å². The lowest BCUT2D eigenvalue weighted by atomic mass is 10.1. The minimum absolute atomic E-state index is 0.0784. The molecule has 0 unspecified atom stereocenters. The SMILES string of the molecule is O=C(CCCc1nc2ccccc2c(=O)[nH]1)Nc1ccc2oc3ccccc3c2c1. The van der Waals surface area contributed by atoms with Crippen LogP contribution < -0.4 is 10.9 Å². The number of benzene rings is 3. The van der Waals surface area contributed by atoms with Crippen molar-refractivity contribution < 1.29 is 9.21 Å². The minimum Gasteiger partial charge on any atom is -0.456 e. The van der Waals surface area contributed by atoms with E-state index in [0.29, 0.717) is 36.0 Å². The van der Waals surface area contributed by atoms with Crippen LogP contribution in [-0.2, 0) is 11.2 Å². The van der Waals surface area contributed by atoms with Gasteiger partial charge in [-0.25, -0.2) is 4.98 Å². The molecule has 0 bridgehead atoms. The number of carbonyl (C=O) groups excluding carboxylic acids is 1. The monoisotopic (exact) mass is 397 g/mol. The Bertz CT molecular complexity index is 1450. The molecule has 0 aliphatic rings. The predicted octanol–water partition coefficient (Wildman–Crippen LogP) is 4.78. The molecule has 6 nitrogen and oxygen atoms in total. The number of furan rings is 1. The zero-order valence-corrected chi connectivity index (χ0v) is 16.1. The van der Waals surface area contributed by atoms with E-state index >= 15 is 0 Å². The highest BCUT2D eigenvalue weighted by atomic mass is 16.3. The first-order valence-corrected chi connectivity index (χ1v) is 9.86. The molecular weight excluding hydrogens is 378 g/mol. The molecule has 0 saturated carbocycles. The number of carbonyl (C=O) groups is 1. The van der Waals surface area contributed by atoms with E-state index in [2.05, 4.69) is 15.3 Å². The molecular formula is C24H19N3O3. The number of rotatable bonds is 5. The van der Waals surface area contributed by atoms with Crippen molar-refractivity contribution in [1.29, 1.82) is 0 Å². The van der Waals surface area contributed by atoms with Crippen molar-refractivity contribution in [3.8, 4) is 0 Å². The first-order chi connectivity index (χ1) is 14.7. The van der Waals surface area contributed by atoms with Gasteiger partial charge in [-0.15, -0.1) is 0 Å². The van der Waals surface area contributed by atoms with E-state index in [1.165, 1.54) is 0 Å². The Balaban J connectivity index is 1.25. The number of para-hydroxylation sites is 2. The summed E-state index contributed by atoms with van der Waals surface area (Å²) in [6.45, 7) is 0. The molecule has 2 N–H and O–H groups in total. The third kappa shape index (κ3) is 3.43. The number of fused-ring (bicyclic) bond motifs is 4. The van der Waals surface area contributed by atoms with Crippen molar-refractivity contribution in [3.63, 3.8) is 0 Å². The third-order valence-corrected chi connectivity index (χ3v) is 5.14. The molecule has 5 aromatic rings. The van der Waals surface area contributed by atoms with E-state index in [1.54, 1.807) is 6.07 Å². The van der Waals surface area contributed by atoms with Gasteiger partial charge < -0.3 is 14.7 Å². The van der Waals surface area contributed by atoms with Crippen LogP contribution in [0.1, 0.15) is 18.7 Å². The molecule has 148 valence electrons. The smallest absolute Gasteiger partial charge is 0.258 e. The van der Waals surface area contributed by atoms with Crippen molar-refractivity contribution in [2.24, 2.45) is 0 Å². The zero-order chi connectivity index (χ0) is 20.5. The Morgan fingerprint density at radius 1 is 0.933 bits per heavy atom. The fourth-order valence-electron chi connectivity index (χ4n) is 3.70. The third-order valence-electron chi connectivity index (χ3n) is 5.14. The number of aromatic amines is 1. The lowest BCUT2D eigenvalue weighted by Gasteiger charge is -2.06. The van der Waals surface area contributed by atoms with Gasteiger partial charge >= 0.3 is 0 Å². The molecule has 6 heteroatoms. The summed E-state index contributed by atoms with van der Waals surface area (Å²) in [4.78, 5) is 31.8. The number of nitrogens with one attached hydrogen (secondary N) is 2. The number of aromatic nitrogens is 2. The van der Waals surface area contributed by atoms with Crippen LogP contribution in [0.4, 0.5) is 5.69 Å². The molecule has 5 rings (SSSR count). The summed E-state index contributed by atoms with van der Waals surface area (Å²) in [5.41, 5.74) is 2.87. The number of anilines is 1. The van der Waals surface area contributed by atoms with Gasteiger partial charge in [-0.2, -0.15) is 0 Å². The second-order valence-electron chi connectivity index (χ2n) is 7.24. The molecule has 2 heterocycles. The summed E-state index contributed by atoms with van der Waals surface area (Å²) in [5, 5.41) is 5.51. The Morgan fingerprint density at radius 2 is 1.70 bits per heavy atom. The molecule has 0 radical (unpaired) electrons. The van der Waals surface area contributed by atoms with Gasteiger partial charge in [0, 0.05) is 29.3 Å². The molecule has 0 saturated heterocycles. The van der Waals surface area contributed by atoms with Crippen LogP contribution in [0.5, 0.6) is 0 Å². The highest BCUT2D eigenvalue weighted by Gasteiger charge is 2.09. The number of nitrogens with zero attached hydrogens (tertiary/aromatic N) is 1. The molecule has 0 fully saturated rings. The van der Waals surface area contributed by atoms with E-state index in [1.807, 2.05) is 60.7 Å². The topological polar surface area (TPSA) is 88.0 Å². The van der Waals surface area contributed by atoms with Crippen LogP contribution in [0.3, 0.4) is 0 Å². The highest BCUT2D eigenvalue weighted by molar-refractivity contribution is 6.06. The van der Waals surface area contributed by atoms with Gasteiger partial charge in [0.25, 0.3) is 5.56 Å². The van der Waals surface area contributed by atoms with Crippen LogP contribution >= 0.6 is 0 Å². The van der Waals surface area contributed by atoms with Crippen molar-refractivity contribution in [1.82, 2.24) is 9.97 Å². The van der Waals surface area contributed by atoms with Crippen molar-refractivity contribution in [3.05, 3.63) is 82.9 Å². The lowest BCUT2D eigenvalue weighted by molar-refractivity contribution is -0.116. The number of hydrogen-bond acceptors (Lipinski definition) is 4. The molecule has 2 aromatic heterocycles. The van der Waals surface area contributed by atoms with Gasteiger partial charge in [0.2, 0.25) is 5.91 Å². The Morgan fingerprint density at radius 3 is 2.60 bits per heavy atom. The first kappa shape index (κ1) is 18.1. The largest absolute Gasteiger partial charge is 0.456 e. The molecule has 0 aliphatic heterocycles. The van der Waals surface area contributed by atoms with Gasteiger partial charge in [0.1, 0.15) is 17.0 Å². The number of amides is 1. The number of hydrogen-bond donors (Lipinski definition) is 2. The maximum Gasteiger partial charge on any atom is 0.258 e. The quantitative estimate of drug-likeness (QED) is 0.447. The van der Waals surface area contributed by atoms with Crippen LogP contribution in [0.2, 0.25) is 0 Å². The highest BCUT2D eigenvalue weighted by Crippen LogP contribution is 2.30. The van der Waals surface area contributed by atoms with Crippen LogP contribution in [0.25, 0.3) is 32.8 Å². The average molecular weight is 397 g/mol. The zero-order valence-electron chi connectivity index (χ0n) is 16.1. The van der Waals surface area contributed by atoms with Gasteiger partial charge in [-0.3, -0.25) is 9.59 Å². The number of aryl methyl sites for hydroxylation is 1. The molecule has 0 aliphatic carbocycles. The molecule has 0 spiro atoms. The van der Waals surface area contributed by atoms with Gasteiger partial charge in [0.15, 0.2) is 0 Å². The van der Waals surface area contributed by atoms with Gasteiger partial charge in [-0.1, -0.05) is 30.3 Å². The normalized spacial score (nSPS) is 11.3. The maximum absolute atomic E-state index is 12.4. The summed E-state index contributed by atoms with van der Waals surface area (Å²) >= 11 is 0. The van der Waals surface area contributed by atoms with Crippen LogP contribution in [0.15, 0.2) is 75.9 Å². The van der Waals surface area contributed by atoms with Gasteiger partial charge in [-0.05, 0) is 42.8 Å². The summed E-state index contributed by atoms with van der Waals surface area (Å²) in [6.07, 6.45) is 1.45. The van der Waals surface area contributed by atoms with E-state index in [9.17, 15) is 9.59 Å². The second kappa shape index (κ2) is 7.48. The summed E-state index contributed by atoms with van der Waals surface area (Å²) in [6, 6.07) is 20.7. The van der Waals surface area contributed by atoms with Crippen molar-refractivity contribution in [2.75, 3.05) is 5.32 Å². The average Bonchev–Trinajstić information content (AvgIpc) is 3.12. The predicted molar refractivity (Wildman–Crippen MR) is 118 cm³/mol. The summed E-state index contributed by atoms with van der Waals surface area (Å²) < 4.78 is 5.82. The van der Waals surface area contributed by atoms with E-state index in [4.69, 9.17) is 4.42 Å². The van der Waals surface area contributed by atoms with Crippen molar-refractivity contribution >= 4 is 44.4 Å². The minimum atomic E-state index is -0.152. The molecule has 30 heavy (non-hydrogen) atoms. The first-order valence-electron chi connectivity index (χ1n) is 9.86. The summed E-state index contributed by atoms with van der Waals surface area (Å²) in [7, 11) is 0. The summed E-state index contributed by atoms with van der Waals surface area (Å²) in [5.74, 6) is 0.517. The standard InChI is InChI=1S/C24H19N3O3/c28-23(11-5-10-22-26-19-8-3-1-7-17(19)24(29)27-22)25-15-12-13-21-18(14-15)16-6-2-4-9-20(16)30-21/h1-4,6-9,12-14H,5,10-11H2,(H,25,28)(H,26,27,29). The fraction of sp³-hybridized carbons (Fsp3) is 0.125. The lowest BCUT2D eigenvalue weighted by Crippen LogP contribution is -2.14. The second-order valence-corrected chi connectivity index (χ2v) is 7.24. The Kier molecular flexibility index (Phi) is 4.52.